The van der Waals surface area contributed by atoms with Gasteiger partial charge in [-0.05, 0) is 24.5 Å². The number of fused-ring (bicyclic) bond motifs is 1. The fourth-order valence-corrected chi connectivity index (χ4v) is 2.55. The lowest BCUT2D eigenvalue weighted by atomic mass is 10.1. The van der Waals surface area contributed by atoms with E-state index >= 15 is 0 Å². The van der Waals surface area contributed by atoms with Gasteiger partial charge in [0.05, 0.1) is 6.54 Å². The second-order valence-corrected chi connectivity index (χ2v) is 4.66. The molecule has 1 aromatic heterocycles. The number of amides is 1. The normalized spacial score (nSPS) is 18.6. The minimum atomic E-state index is -0.242. The van der Waals surface area contributed by atoms with Crippen molar-refractivity contribution in [1.29, 1.82) is 0 Å². The summed E-state index contributed by atoms with van der Waals surface area (Å²) in [5, 5.41) is 2.98. The van der Waals surface area contributed by atoms with Crippen molar-refractivity contribution in [3.63, 3.8) is 0 Å². The molecule has 0 bridgehead atoms. The Morgan fingerprint density at radius 2 is 2.26 bits per heavy atom. The first-order valence-electron chi connectivity index (χ1n) is 6.40. The van der Waals surface area contributed by atoms with Crippen LogP contribution in [0.4, 0.5) is 5.69 Å². The van der Waals surface area contributed by atoms with Gasteiger partial charge in [0.25, 0.3) is 0 Å². The van der Waals surface area contributed by atoms with Gasteiger partial charge in [-0.25, -0.2) is 4.98 Å². The van der Waals surface area contributed by atoms with Crippen molar-refractivity contribution in [2.45, 2.75) is 25.4 Å². The van der Waals surface area contributed by atoms with E-state index in [-0.39, 0.29) is 11.9 Å². The Hall–Kier alpha value is -2.14. The molecular weight excluding hydrogens is 240 g/mol. The second-order valence-electron chi connectivity index (χ2n) is 4.66. The van der Waals surface area contributed by atoms with Crippen molar-refractivity contribution >= 4 is 11.6 Å². The lowest BCUT2D eigenvalue weighted by Crippen LogP contribution is -2.26. The Labute approximate surface area is 111 Å². The summed E-state index contributed by atoms with van der Waals surface area (Å²) in [6.07, 6.45) is 5.13. The highest BCUT2D eigenvalue weighted by atomic mass is 16.2. The van der Waals surface area contributed by atoms with Crippen LogP contribution in [0.2, 0.25) is 0 Å². The van der Waals surface area contributed by atoms with Gasteiger partial charge in [0.2, 0.25) is 5.91 Å². The zero-order valence-corrected chi connectivity index (χ0v) is 10.5. The summed E-state index contributed by atoms with van der Waals surface area (Å²) in [6, 6.07) is 7.67. The summed E-state index contributed by atoms with van der Waals surface area (Å²) in [6.45, 7) is 0.337. The van der Waals surface area contributed by atoms with E-state index in [4.69, 9.17) is 5.73 Å². The van der Waals surface area contributed by atoms with E-state index in [1.54, 1.807) is 6.20 Å². The Kier molecular flexibility index (Phi) is 3.05. The van der Waals surface area contributed by atoms with Crippen LogP contribution in [-0.4, -0.2) is 15.5 Å². The fourth-order valence-electron chi connectivity index (χ4n) is 2.55. The summed E-state index contributed by atoms with van der Waals surface area (Å²) in [5.74, 6) is 0.740. The maximum Gasteiger partial charge on any atom is 0.247 e. The zero-order valence-electron chi connectivity index (χ0n) is 10.5. The molecule has 1 unspecified atom stereocenters. The summed E-state index contributed by atoms with van der Waals surface area (Å²) in [4.78, 5) is 16.5. The molecule has 0 radical (unpaired) electrons. The Bertz CT molecular complexity index is 605. The van der Waals surface area contributed by atoms with Gasteiger partial charge in [-0.1, -0.05) is 18.2 Å². The first kappa shape index (κ1) is 11.9. The Morgan fingerprint density at radius 1 is 1.42 bits per heavy atom. The van der Waals surface area contributed by atoms with Crippen LogP contribution >= 0.6 is 0 Å². The Morgan fingerprint density at radius 3 is 3.11 bits per heavy atom. The number of hydrogen-bond acceptors (Lipinski definition) is 3. The van der Waals surface area contributed by atoms with Gasteiger partial charge in [-0.3, -0.25) is 4.79 Å². The monoisotopic (exact) mass is 256 g/mol. The molecule has 3 N–H and O–H groups in total. The first-order chi connectivity index (χ1) is 9.29. The van der Waals surface area contributed by atoms with Gasteiger partial charge in [0.1, 0.15) is 11.9 Å². The maximum atomic E-state index is 12.3. The second kappa shape index (κ2) is 4.85. The van der Waals surface area contributed by atoms with Crippen molar-refractivity contribution in [2.75, 3.05) is 5.32 Å². The van der Waals surface area contributed by atoms with Crippen molar-refractivity contribution in [2.24, 2.45) is 5.73 Å². The molecule has 0 aliphatic carbocycles. The Balaban J connectivity index is 1.93. The van der Waals surface area contributed by atoms with E-state index in [9.17, 15) is 4.79 Å². The molecule has 0 saturated heterocycles. The van der Waals surface area contributed by atoms with Crippen LogP contribution in [0.25, 0.3) is 0 Å². The predicted molar refractivity (Wildman–Crippen MR) is 72.5 cm³/mol. The van der Waals surface area contributed by atoms with Crippen LogP contribution in [0.15, 0.2) is 36.7 Å². The third-order valence-electron chi connectivity index (χ3n) is 3.53. The summed E-state index contributed by atoms with van der Waals surface area (Å²) >= 11 is 0. The van der Waals surface area contributed by atoms with Crippen molar-refractivity contribution < 1.29 is 4.79 Å². The minimum absolute atomic E-state index is 0.00218. The molecule has 1 amide bonds. The van der Waals surface area contributed by atoms with Gasteiger partial charge < -0.3 is 15.6 Å². The third-order valence-corrected chi connectivity index (χ3v) is 3.53. The average Bonchev–Trinajstić information content (AvgIpc) is 2.82. The van der Waals surface area contributed by atoms with Crippen molar-refractivity contribution in [1.82, 2.24) is 9.55 Å². The van der Waals surface area contributed by atoms with Gasteiger partial charge in [0, 0.05) is 18.1 Å². The number of rotatable bonds is 2. The molecule has 5 nitrogen and oxygen atoms in total. The van der Waals surface area contributed by atoms with Crippen LogP contribution < -0.4 is 11.1 Å². The highest BCUT2D eigenvalue weighted by Crippen LogP contribution is 2.27. The highest BCUT2D eigenvalue weighted by Gasteiger charge is 2.25. The van der Waals surface area contributed by atoms with Gasteiger partial charge in [-0.2, -0.15) is 0 Å². The van der Waals surface area contributed by atoms with E-state index in [2.05, 4.69) is 16.4 Å². The first-order valence-corrected chi connectivity index (χ1v) is 6.40. The SMILES string of the molecule is NCc1nccn1C1CCc2ccccc2NC1=O. The molecule has 0 fully saturated rings. The number of aryl methyl sites for hydroxylation is 1. The number of imidazole rings is 1. The molecule has 0 saturated carbocycles. The number of nitrogens with zero attached hydrogens (tertiary/aromatic N) is 2. The molecule has 1 atom stereocenters. The van der Waals surface area contributed by atoms with Gasteiger partial charge in [0.15, 0.2) is 0 Å². The summed E-state index contributed by atoms with van der Waals surface area (Å²) in [7, 11) is 0. The van der Waals surface area contributed by atoms with E-state index < -0.39 is 0 Å². The molecule has 2 aromatic rings. The molecular formula is C14H16N4O. The number of hydrogen-bond donors (Lipinski definition) is 2. The number of carbonyl (C=O) groups is 1. The quantitative estimate of drug-likeness (QED) is 0.854. The average molecular weight is 256 g/mol. The van der Waals surface area contributed by atoms with E-state index in [1.807, 2.05) is 29.0 Å². The number of nitrogens with two attached hydrogens (primary N) is 1. The van der Waals surface area contributed by atoms with Crippen LogP contribution in [-0.2, 0) is 17.8 Å². The van der Waals surface area contributed by atoms with Crippen molar-refractivity contribution in [3.8, 4) is 0 Å². The number of aromatic nitrogens is 2. The highest BCUT2D eigenvalue weighted by molar-refractivity contribution is 5.95. The zero-order chi connectivity index (χ0) is 13.2. The third kappa shape index (κ3) is 2.13. The molecule has 98 valence electrons. The van der Waals surface area contributed by atoms with Crippen LogP contribution in [0.1, 0.15) is 23.9 Å². The number of nitrogens with one attached hydrogen (secondary N) is 1. The van der Waals surface area contributed by atoms with Crippen LogP contribution in [0.5, 0.6) is 0 Å². The number of para-hydroxylation sites is 1. The fraction of sp³-hybridized carbons (Fsp3) is 0.286. The van der Waals surface area contributed by atoms with Crippen LogP contribution in [0, 0.1) is 0 Å². The maximum absolute atomic E-state index is 12.3. The van der Waals surface area contributed by atoms with E-state index in [0.29, 0.717) is 6.54 Å². The molecule has 1 aliphatic rings. The smallest absolute Gasteiger partial charge is 0.247 e. The number of carbonyl (C=O) groups excluding carboxylic acids is 1. The standard InChI is InChI=1S/C14H16N4O/c15-9-13-16-7-8-18(13)12-6-5-10-3-1-2-4-11(10)17-14(12)19/h1-4,7-8,12H,5-6,9,15H2,(H,17,19). The van der Waals surface area contributed by atoms with E-state index in [0.717, 1.165) is 24.4 Å². The minimum Gasteiger partial charge on any atom is -0.324 e. The number of anilines is 1. The molecule has 5 heteroatoms. The van der Waals surface area contributed by atoms with Crippen LogP contribution in [0.3, 0.4) is 0 Å². The van der Waals surface area contributed by atoms with E-state index in [1.165, 1.54) is 5.56 Å². The molecule has 1 aromatic carbocycles. The molecule has 0 spiro atoms. The van der Waals surface area contributed by atoms with Crippen molar-refractivity contribution in [3.05, 3.63) is 48.0 Å². The lowest BCUT2D eigenvalue weighted by Gasteiger charge is -2.17. The molecule has 1 aliphatic heterocycles. The topological polar surface area (TPSA) is 72.9 Å². The molecule has 3 rings (SSSR count). The predicted octanol–water partition coefficient (Wildman–Crippen LogP) is 1.47. The van der Waals surface area contributed by atoms with Gasteiger partial charge in [-0.15, -0.1) is 0 Å². The van der Waals surface area contributed by atoms with Gasteiger partial charge >= 0.3 is 0 Å². The molecule has 2 heterocycles. The summed E-state index contributed by atoms with van der Waals surface area (Å²) in [5.41, 5.74) is 7.74. The lowest BCUT2D eigenvalue weighted by molar-refractivity contribution is -0.119. The largest absolute Gasteiger partial charge is 0.324 e. The number of benzene rings is 1. The summed E-state index contributed by atoms with van der Waals surface area (Å²) < 4.78 is 1.88. The molecule has 19 heavy (non-hydrogen) atoms.